The molecule has 28 heteroatoms. The van der Waals surface area contributed by atoms with Gasteiger partial charge in [0.2, 0.25) is 0 Å². The summed E-state index contributed by atoms with van der Waals surface area (Å²) in [5.74, 6) is 1.50. The first kappa shape index (κ1) is 62.2. The fourth-order valence-corrected chi connectivity index (χ4v) is 9.03. The third kappa shape index (κ3) is 14.1. The first-order valence-corrected chi connectivity index (χ1v) is 23.1. The molecule has 0 bridgehead atoms. The van der Waals surface area contributed by atoms with Gasteiger partial charge < -0.3 is 4.74 Å². The minimum atomic E-state index is -6.13. The summed E-state index contributed by atoms with van der Waals surface area (Å²) in [6.07, 6.45) is -52.8. The Labute approximate surface area is 451 Å². The lowest BCUT2D eigenvalue weighted by atomic mass is 9.12. The number of aromatic nitrogens is 1. The quantitative estimate of drug-likeness (QED) is 0.0864. The Morgan fingerprint density at radius 3 is 0.964 bits per heavy atom. The second kappa shape index (κ2) is 22.1. The number of ether oxygens (including phenoxy) is 1. The van der Waals surface area contributed by atoms with E-state index in [1.807, 2.05) is 48.7 Å². The van der Waals surface area contributed by atoms with Gasteiger partial charge in [0.1, 0.15) is 11.9 Å². The van der Waals surface area contributed by atoms with E-state index in [9.17, 15) is 105 Å². The molecule has 1 heterocycles. The van der Waals surface area contributed by atoms with Crippen LogP contribution in [0.1, 0.15) is 55.6 Å². The summed E-state index contributed by atoms with van der Waals surface area (Å²) < 4.78 is 349. The van der Waals surface area contributed by atoms with E-state index in [-0.39, 0.29) is 0 Å². The maximum atomic E-state index is 14.2. The molecule has 0 unspecified atom stereocenters. The minimum absolute atomic E-state index is 0.618. The molecule has 0 fully saturated rings. The number of hydrogen-bond acceptors (Lipinski definition) is 2. The van der Waals surface area contributed by atoms with Gasteiger partial charge in [0.05, 0.1) is 61.5 Å². The minimum Gasteiger partial charge on any atom is -0.405 e. The standard InChI is InChI=1S/C32H12BF24.C23H17N2O/c34-25(35,36)13-1-14(26(37,38)39)6-21(5-13)33(22-7-15(27(40,41)42)2-16(8-22)28(43,44)45,23-9-17(29(46,47)48)3-18(10-23)30(49,50)51)24-11-19(31(52,53)54)4-20(12-24)32(55,56)57;24-16-18-10-12-21(13-11-18)26-23-22-9-5-4-8-20(22)14-15-25(23)17-19-6-2-1-3-7-19/h1-12H;1-15H,17H2/q-1;+1. The highest BCUT2D eigenvalue weighted by atomic mass is 19.4. The lowest BCUT2D eigenvalue weighted by Crippen LogP contribution is -2.75. The van der Waals surface area contributed by atoms with Gasteiger partial charge in [0.25, 0.3) is 0 Å². The Hall–Kier alpha value is -8.38. The summed E-state index contributed by atoms with van der Waals surface area (Å²) in [6.45, 7) is 0.720. The Morgan fingerprint density at radius 1 is 0.361 bits per heavy atom. The van der Waals surface area contributed by atoms with Crippen LogP contribution in [-0.4, -0.2) is 6.15 Å². The molecule has 0 aliphatic carbocycles. The molecule has 0 aliphatic rings. The molecule has 83 heavy (non-hydrogen) atoms. The van der Waals surface area contributed by atoms with Gasteiger partial charge in [0, 0.05) is 11.6 Å². The van der Waals surface area contributed by atoms with Crippen LogP contribution in [0, 0.1) is 11.3 Å². The van der Waals surface area contributed by atoms with Crippen LogP contribution in [0.3, 0.4) is 0 Å². The molecule has 1 aromatic heterocycles. The van der Waals surface area contributed by atoms with Crippen molar-refractivity contribution in [3.63, 3.8) is 0 Å². The zero-order chi connectivity index (χ0) is 61.7. The van der Waals surface area contributed by atoms with E-state index in [0.29, 0.717) is 11.3 Å². The topological polar surface area (TPSA) is 36.9 Å². The van der Waals surface area contributed by atoms with Crippen LogP contribution < -0.4 is 31.2 Å². The molecule has 7 aromatic carbocycles. The van der Waals surface area contributed by atoms with Crippen LogP contribution >= 0.6 is 0 Å². The first-order valence-electron chi connectivity index (χ1n) is 23.1. The smallest absolute Gasteiger partial charge is 0.405 e. The van der Waals surface area contributed by atoms with Crippen LogP contribution in [0.4, 0.5) is 105 Å². The molecule has 0 atom stereocenters. The van der Waals surface area contributed by atoms with Crippen molar-refractivity contribution in [2.75, 3.05) is 0 Å². The number of alkyl halides is 24. The Balaban J connectivity index is 0.000000313. The predicted octanol–water partition coefficient (Wildman–Crippen LogP) is 16.1. The summed E-state index contributed by atoms with van der Waals surface area (Å²) in [5, 5.41) is 11.1. The highest BCUT2D eigenvalue weighted by Gasteiger charge is 2.47. The summed E-state index contributed by atoms with van der Waals surface area (Å²) in [5.41, 5.74) is -28.4. The van der Waals surface area contributed by atoms with Crippen LogP contribution in [0.5, 0.6) is 11.6 Å². The molecular weight excluding hydrogens is 1170 g/mol. The maximum Gasteiger partial charge on any atom is 0.416 e. The van der Waals surface area contributed by atoms with Crippen LogP contribution in [0.25, 0.3) is 10.8 Å². The summed E-state index contributed by atoms with van der Waals surface area (Å²) in [7, 11) is 0. The van der Waals surface area contributed by atoms with Crippen molar-refractivity contribution >= 4 is 38.8 Å². The van der Waals surface area contributed by atoms with E-state index in [4.69, 9.17) is 10.00 Å². The number of pyridine rings is 1. The van der Waals surface area contributed by atoms with E-state index in [2.05, 4.69) is 41.0 Å². The molecule has 0 N–H and O–H groups in total. The molecule has 3 nitrogen and oxygen atoms in total. The van der Waals surface area contributed by atoms with Crippen molar-refractivity contribution in [2.24, 2.45) is 0 Å². The lowest BCUT2D eigenvalue weighted by molar-refractivity contribution is -0.691. The van der Waals surface area contributed by atoms with Gasteiger partial charge in [-0.2, -0.15) is 137 Å². The van der Waals surface area contributed by atoms with Crippen molar-refractivity contribution in [3.8, 4) is 17.7 Å². The zero-order valence-electron chi connectivity index (χ0n) is 40.7. The molecule has 436 valence electrons. The lowest BCUT2D eigenvalue weighted by Gasteiger charge is -2.46. The molecule has 0 aliphatic heterocycles. The number of rotatable bonds is 8. The van der Waals surface area contributed by atoms with Gasteiger partial charge in [0.15, 0.2) is 12.7 Å². The second-order valence-electron chi connectivity index (χ2n) is 18.3. The van der Waals surface area contributed by atoms with Crippen molar-refractivity contribution in [3.05, 3.63) is 220 Å². The molecular formula is C55H29BF24N2O. The third-order valence-corrected chi connectivity index (χ3v) is 12.7. The largest absolute Gasteiger partial charge is 0.416 e. The Bertz CT molecular complexity index is 3260. The van der Waals surface area contributed by atoms with Gasteiger partial charge in [-0.25, -0.2) is 0 Å². The number of nitriles is 1. The fraction of sp³-hybridized carbons (Fsp3) is 0.164. The van der Waals surface area contributed by atoms with E-state index in [0.717, 1.165) is 23.2 Å². The molecule has 0 spiro atoms. The van der Waals surface area contributed by atoms with E-state index in [1.165, 1.54) is 5.56 Å². The Morgan fingerprint density at radius 2 is 0.663 bits per heavy atom. The highest BCUT2D eigenvalue weighted by molar-refractivity contribution is 7.20. The molecule has 8 aromatic rings. The monoisotopic (exact) mass is 1200 g/mol. The maximum absolute atomic E-state index is 14.2. The Kier molecular flexibility index (Phi) is 16.6. The van der Waals surface area contributed by atoms with Gasteiger partial charge in [-0.15, -0.1) is 0 Å². The average molecular weight is 1200 g/mol. The molecule has 8 rings (SSSR count). The number of halogens is 24. The summed E-state index contributed by atoms with van der Waals surface area (Å²) in [4.78, 5) is 0. The van der Waals surface area contributed by atoms with Crippen LogP contribution in [0.15, 0.2) is 164 Å². The molecule has 0 saturated carbocycles. The van der Waals surface area contributed by atoms with Crippen molar-refractivity contribution in [1.82, 2.24) is 0 Å². The SMILES string of the molecule is FC(F)(F)c1cc([B-](c2cc(C(F)(F)F)cc(C(F)(F)F)c2)(c2cc(C(F)(F)F)cc(C(F)(F)F)c2)c2cc(C(F)(F)F)cc(C(F)(F)F)c2)cc(C(F)(F)F)c1.N#Cc1ccc(Oc2c3ccccc3cc[n+]2Cc2ccccc2)cc1. The number of benzene rings is 7. The van der Waals surface area contributed by atoms with E-state index >= 15 is 0 Å². The average Bonchev–Trinajstić information content (AvgIpc) is 1.29. The van der Waals surface area contributed by atoms with E-state index < -0.39 is 195 Å². The van der Waals surface area contributed by atoms with Gasteiger partial charge >= 0.3 is 55.3 Å². The first-order chi connectivity index (χ1) is 38.1. The second-order valence-corrected chi connectivity index (χ2v) is 18.3. The molecule has 0 radical (unpaired) electrons. The van der Waals surface area contributed by atoms with Crippen molar-refractivity contribution in [2.45, 2.75) is 56.0 Å². The highest BCUT2D eigenvalue weighted by Crippen LogP contribution is 2.42. The van der Waals surface area contributed by atoms with Crippen LogP contribution in [-0.2, 0) is 56.0 Å². The van der Waals surface area contributed by atoms with E-state index in [1.54, 1.807) is 12.1 Å². The van der Waals surface area contributed by atoms with Gasteiger partial charge in [-0.1, -0.05) is 97.1 Å². The van der Waals surface area contributed by atoms with Gasteiger partial charge in [-0.05, 0) is 60.0 Å². The predicted molar refractivity (Wildman–Crippen MR) is 251 cm³/mol. The number of fused-ring (bicyclic) bond motifs is 1. The fourth-order valence-electron chi connectivity index (χ4n) is 9.03. The van der Waals surface area contributed by atoms with Gasteiger partial charge in [-0.3, -0.25) is 0 Å². The van der Waals surface area contributed by atoms with Crippen molar-refractivity contribution < 1.29 is 115 Å². The number of nitrogens with zero attached hydrogens (tertiary/aromatic N) is 2. The normalized spacial score (nSPS) is 13.1. The van der Waals surface area contributed by atoms with Crippen molar-refractivity contribution in [1.29, 1.82) is 5.26 Å². The number of hydrogen-bond donors (Lipinski definition) is 0. The van der Waals surface area contributed by atoms with Crippen LogP contribution in [0.2, 0.25) is 0 Å². The molecule has 0 amide bonds. The summed E-state index contributed by atoms with van der Waals surface area (Å²) in [6, 6.07) is 21.1. The molecule has 0 saturated heterocycles. The zero-order valence-corrected chi connectivity index (χ0v) is 40.7. The summed E-state index contributed by atoms with van der Waals surface area (Å²) >= 11 is 0. The third-order valence-electron chi connectivity index (χ3n) is 12.7.